The Bertz CT molecular complexity index is 603. The largest absolute Gasteiger partial charge is 0.399 e. The van der Waals surface area contributed by atoms with Crippen molar-refractivity contribution in [1.82, 2.24) is 9.97 Å². The number of nitrogens with two attached hydrogens (primary N) is 1. The van der Waals surface area contributed by atoms with Crippen LogP contribution in [0.15, 0.2) is 49.1 Å². The number of imidazole rings is 1. The van der Waals surface area contributed by atoms with Crippen molar-refractivity contribution in [2.75, 3.05) is 5.73 Å². The lowest BCUT2D eigenvalue weighted by Crippen LogP contribution is -1.82. The van der Waals surface area contributed by atoms with E-state index in [4.69, 9.17) is 5.73 Å². The zero-order chi connectivity index (χ0) is 12.3. The summed E-state index contributed by atoms with van der Waals surface area (Å²) in [5.74, 6) is 0.770. The fourth-order valence-corrected chi connectivity index (χ4v) is 1.54. The van der Waals surface area contributed by atoms with Gasteiger partial charge in [0.05, 0.1) is 11.0 Å². The lowest BCUT2D eigenvalue weighted by atomic mass is 10.2. The van der Waals surface area contributed by atoms with Crippen LogP contribution in [0.25, 0.3) is 16.6 Å². The van der Waals surface area contributed by atoms with Crippen molar-refractivity contribution >= 4 is 22.3 Å². The van der Waals surface area contributed by atoms with Crippen LogP contribution in [-0.2, 0) is 0 Å². The molecule has 0 bridgehead atoms. The molecule has 86 valence electrons. The van der Waals surface area contributed by atoms with E-state index in [1.54, 1.807) is 0 Å². The first-order valence-corrected chi connectivity index (χ1v) is 5.44. The van der Waals surface area contributed by atoms with Crippen molar-refractivity contribution in [2.45, 2.75) is 6.92 Å². The number of anilines is 1. The standard InChI is InChI=1S/C14H15N3/c1-3-4-5-6-10(2)14-16-12-8-7-11(15)9-13(12)17-14/h3-9H,2,15H2,1H3,(H,16,17)/b4-3-,6-5-. The van der Waals surface area contributed by atoms with Crippen molar-refractivity contribution in [1.29, 1.82) is 0 Å². The number of allylic oxidation sites excluding steroid dienone is 5. The molecule has 2 aromatic rings. The maximum Gasteiger partial charge on any atom is 0.137 e. The summed E-state index contributed by atoms with van der Waals surface area (Å²) in [6.45, 7) is 5.94. The molecule has 3 N–H and O–H groups in total. The van der Waals surface area contributed by atoms with Gasteiger partial charge in [0.25, 0.3) is 0 Å². The minimum Gasteiger partial charge on any atom is -0.399 e. The maximum absolute atomic E-state index is 5.71. The predicted octanol–water partition coefficient (Wildman–Crippen LogP) is 3.29. The summed E-state index contributed by atoms with van der Waals surface area (Å²) in [4.78, 5) is 7.64. The highest BCUT2D eigenvalue weighted by atomic mass is 14.9. The van der Waals surface area contributed by atoms with Crippen molar-refractivity contribution in [3.63, 3.8) is 0 Å². The lowest BCUT2D eigenvalue weighted by Gasteiger charge is -1.91. The van der Waals surface area contributed by atoms with Gasteiger partial charge in [-0.3, -0.25) is 0 Å². The van der Waals surface area contributed by atoms with Gasteiger partial charge >= 0.3 is 0 Å². The number of nitrogens with zero attached hydrogens (tertiary/aromatic N) is 1. The average Bonchev–Trinajstić information content (AvgIpc) is 2.72. The summed E-state index contributed by atoms with van der Waals surface area (Å²) < 4.78 is 0. The molecule has 0 saturated heterocycles. The van der Waals surface area contributed by atoms with Gasteiger partial charge in [0.15, 0.2) is 0 Å². The summed E-state index contributed by atoms with van der Waals surface area (Å²) >= 11 is 0. The zero-order valence-corrected chi connectivity index (χ0v) is 9.77. The monoisotopic (exact) mass is 225 g/mol. The molecule has 2 rings (SSSR count). The Balaban J connectivity index is 2.33. The summed E-state index contributed by atoms with van der Waals surface area (Å²) in [7, 11) is 0. The number of rotatable bonds is 3. The third kappa shape index (κ3) is 2.45. The quantitative estimate of drug-likeness (QED) is 0.622. The van der Waals surface area contributed by atoms with Gasteiger partial charge in [-0.1, -0.05) is 30.9 Å². The van der Waals surface area contributed by atoms with Gasteiger partial charge in [-0.25, -0.2) is 4.98 Å². The second kappa shape index (κ2) is 4.70. The number of nitrogens with one attached hydrogen (secondary N) is 1. The highest BCUT2D eigenvalue weighted by Crippen LogP contribution is 2.18. The van der Waals surface area contributed by atoms with Gasteiger partial charge < -0.3 is 10.7 Å². The van der Waals surface area contributed by atoms with Crippen LogP contribution >= 0.6 is 0 Å². The molecule has 3 heteroatoms. The topological polar surface area (TPSA) is 54.7 Å². The molecule has 3 nitrogen and oxygen atoms in total. The summed E-state index contributed by atoms with van der Waals surface area (Å²) in [5, 5.41) is 0. The molecule has 1 aromatic carbocycles. The Morgan fingerprint density at radius 1 is 1.41 bits per heavy atom. The molecule has 1 heterocycles. The number of aromatic amines is 1. The molecule has 0 spiro atoms. The number of hydrogen-bond donors (Lipinski definition) is 2. The SMILES string of the molecule is C=C(/C=C\C=C/C)c1nc2ccc(N)cc2[nH]1. The van der Waals surface area contributed by atoms with Gasteiger partial charge in [0.1, 0.15) is 5.82 Å². The van der Waals surface area contributed by atoms with Crippen LogP contribution in [0.1, 0.15) is 12.7 Å². The Morgan fingerprint density at radius 2 is 2.24 bits per heavy atom. The second-order valence-electron chi connectivity index (χ2n) is 3.77. The first kappa shape index (κ1) is 11.2. The fourth-order valence-electron chi connectivity index (χ4n) is 1.54. The smallest absolute Gasteiger partial charge is 0.137 e. The molecule has 1 aromatic heterocycles. The minimum absolute atomic E-state index is 0.725. The number of nitrogen functional groups attached to an aromatic ring is 1. The molecule has 0 aliphatic rings. The van der Waals surface area contributed by atoms with Gasteiger partial charge in [-0.15, -0.1) is 0 Å². The van der Waals surface area contributed by atoms with E-state index in [9.17, 15) is 0 Å². The van der Waals surface area contributed by atoms with Crippen LogP contribution in [0, 0.1) is 0 Å². The Hall–Kier alpha value is -2.29. The molecule has 0 saturated carbocycles. The minimum atomic E-state index is 0.725. The number of fused-ring (bicyclic) bond motifs is 1. The van der Waals surface area contributed by atoms with Gasteiger partial charge in [0, 0.05) is 11.3 Å². The summed E-state index contributed by atoms with van der Waals surface area (Å²) in [5.41, 5.74) is 9.11. The molecule has 0 fully saturated rings. The van der Waals surface area contributed by atoms with Crippen LogP contribution in [0.2, 0.25) is 0 Å². The summed E-state index contributed by atoms with van der Waals surface area (Å²) in [6, 6.07) is 5.60. The molecule has 0 atom stereocenters. The molecular weight excluding hydrogens is 210 g/mol. The zero-order valence-electron chi connectivity index (χ0n) is 9.77. The molecule has 0 aliphatic heterocycles. The molecule has 0 amide bonds. The lowest BCUT2D eigenvalue weighted by molar-refractivity contribution is 1.27. The second-order valence-corrected chi connectivity index (χ2v) is 3.77. The highest BCUT2D eigenvalue weighted by Gasteiger charge is 2.03. The third-order valence-corrected chi connectivity index (χ3v) is 2.41. The van der Waals surface area contributed by atoms with Crippen molar-refractivity contribution in [3.05, 3.63) is 54.9 Å². The van der Waals surface area contributed by atoms with E-state index >= 15 is 0 Å². The van der Waals surface area contributed by atoms with E-state index in [0.29, 0.717) is 0 Å². The van der Waals surface area contributed by atoms with Crippen molar-refractivity contribution < 1.29 is 0 Å². The van der Waals surface area contributed by atoms with E-state index < -0.39 is 0 Å². The molecule has 0 radical (unpaired) electrons. The first-order valence-electron chi connectivity index (χ1n) is 5.44. The Labute approximate surface area is 100 Å². The van der Waals surface area contributed by atoms with Crippen LogP contribution in [0.3, 0.4) is 0 Å². The molecule has 0 unspecified atom stereocenters. The van der Waals surface area contributed by atoms with Gasteiger partial charge in [-0.05, 0) is 25.1 Å². The van der Waals surface area contributed by atoms with Crippen LogP contribution < -0.4 is 5.73 Å². The van der Waals surface area contributed by atoms with Crippen molar-refractivity contribution in [2.24, 2.45) is 0 Å². The predicted molar refractivity (Wildman–Crippen MR) is 73.5 cm³/mol. The number of H-pyrrole nitrogens is 1. The van der Waals surface area contributed by atoms with Crippen LogP contribution in [0.5, 0.6) is 0 Å². The number of aromatic nitrogens is 2. The van der Waals surface area contributed by atoms with E-state index in [1.807, 2.05) is 49.4 Å². The van der Waals surface area contributed by atoms with E-state index in [-0.39, 0.29) is 0 Å². The Kier molecular flexibility index (Phi) is 3.10. The van der Waals surface area contributed by atoms with Crippen molar-refractivity contribution in [3.8, 4) is 0 Å². The Morgan fingerprint density at radius 3 is 3.00 bits per heavy atom. The van der Waals surface area contributed by atoms with E-state index in [2.05, 4.69) is 16.5 Å². The van der Waals surface area contributed by atoms with E-state index in [1.165, 1.54) is 0 Å². The van der Waals surface area contributed by atoms with Crippen LogP contribution in [-0.4, -0.2) is 9.97 Å². The van der Waals surface area contributed by atoms with Gasteiger partial charge in [-0.2, -0.15) is 0 Å². The normalized spacial score (nSPS) is 11.8. The third-order valence-electron chi connectivity index (χ3n) is 2.41. The van der Waals surface area contributed by atoms with Crippen LogP contribution in [0.4, 0.5) is 5.69 Å². The average molecular weight is 225 g/mol. The highest BCUT2D eigenvalue weighted by molar-refractivity contribution is 5.82. The van der Waals surface area contributed by atoms with E-state index in [0.717, 1.165) is 28.1 Å². The number of hydrogen-bond acceptors (Lipinski definition) is 2. The number of benzene rings is 1. The summed E-state index contributed by atoms with van der Waals surface area (Å²) in [6.07, 6.45) is 7.76. The van der Waals surface area contributed by atoms with Gasteiger partial charge in [0.2, 0.25) is 0 Å². The molecular formula is C14H15N3. The molecule has 0 aliphatic carbocycles. The maximum atomic E-state index is 5.71. The molecule has 17 heavy (non-hydrogen) atoms. The fraction of sp³-hybridized carbons (Fsp3) is 0.0714. The first-order chi connectivity index (χ1) is 8.20.